The van der Waals surface area contributed by atoms with E-state index in [-0.39, 0.29) is 28.4 Å². The molecule has 0 amide bonds. The van der Waals surface area contributed by atoms with Gasteiger partial charge in [0.25, 0.3) is 5.56 Å². The van der Waals surface area contributed by atoms with Gasteiger partial charge in [0.15, 0.2) is 6.23 Å². The second-order valence-electron chi connectivity index (χ2n) is 12.3. The molecule has 0 bridgehead atoms. The number of H-pyrrole nitrogens is 2. The lowest BCUT2D eigenvalue weighted by Gasteiger charge is -2.39. The molecule has 5 rings (SSSR count). The van der Waals surface area contributed by atoms with Crippen LogP contribution in [0.5, 0.6) is 5.88 Å². The summed E-state index contributed by atoms with van der Waals surface area (Å²) in [4.78, 5) is 40.3. The smallest absolute Gasteiger partial charge is 0.308 e. The van der Waals surface area contributed by atoms with Crippen LogP contribution in [0.15, 0.2) is 47.7 Å². The van der Waals surface area contributed by atoms with Crippen molar-refractivity contribution >= 4 is 18.1 Å². The molecule has 5 atom stereocenters. The van der Waals surface area contributed by atoms with E-state index in [9.17, 15) is 30.0 Å². The molecule has 48 heavy (non-hydrogen) atoms. The first-order valence-electron chi connectivity index (χ1n) is 15.4. The van der Waals surface area contributed by atoms with Gasteiger partial charge in [-0.2, -0.15) is 0 Å². The Morgan fingerprint density at radius 3 is 2.60 bits per heavy atom. The van der Waals surface area contributed by atoms with E-state index < -0.39 is 55.6 Å². The molecule has 16 nitrogen and oxygen atoms in total. The van der Waals surface area contributed by atoms with Crippen LogP contribution in [0.25, 0.3) is 12.2 Å². The number of ether oxygens (including phenoxy) is 3. The van der Waals surface area contributed by atoms with Crippen molar-refractivity contribution in [3.8, 4) is 5.88 Å². The number of carbonyl (C=O) groups excluding carboxylic acids is 1. The van der Waals surface area contributed by atoms with Crippen molar-refractivity contribution in [3.63, 3.8) is 0 Å². The number of hydrogen-bond donors (Lipinski definition) is 6. The zero-order valence-electron chi connectivity index (χ0n) is 26.7. The molecule has 3 aromatic heterocycles. The van der Waals surface area contributed by atoms with Gasteiger partial charge in [-0.05, 0) is 30.6 Å². The summed E-state index contributed by atoms with van der Waals surface area (Å²) in [7, 11) is 0. The SMILES string of the molecule is CC(C)(C)c1[nH]cnc1/C=c1\[nH]c(=O)/c(=C/c2ccccc2)nc1OCOC(=O)CCCc1cn(C2O[C@@H](CO)[C@H](O)[C@H](O)[C@@H]2O)nn1. The molecule has 4 heterocycles. The zero-order chi connectivity index (χ0) is 34.4. The van der Waals surface area contributed by atoms with Gasteiger partial charge >= 0.3 is 5.97 Å². The molecule has 1 saturated heterocycles. The summed E-state index contributed by atoms with van der Waals surface area (Å²) >= 11 is 0. The van der Waals surface area contributed by atoms with Gasteiger partial charge in [-0.15, -0.1) is 5.10 Å². The van der Waals surface area contributed by atoms with Gasteiger partial charge in [0, 0.05) is 17.5 Å². The van der Waals surface area contributed by atoms with E-state index in [1.165, 1.54) is 10.9 Å². The molecule has 1 aromatic carbocycles. The Hall–Kier alpha value is -4.74. The van der Waals surface area contributed by atoms with Crippen molar-refractivity contribution in [2.45, 2.75) is 76.1 Å². The van der Waals surface area contributed by atoms with E-state index in [2.05, 4.69) is 30.2 Å². The highest BCUT2D eigenvalue weighted by molar-refractivity contribution is 5.69. The van der Waals surface area contributed by atoms with Crippen LogP contribution in [0.3, 0.4) is 0 Å². The molecular weight excluding hydrogens is 626 g/mol. The zero-order valence-corrected chi connectivity index (χ0v) is 26.7. The highest BCUT2D eigenvalue weighted by atomic mass is 16.7. The third kappa shape index (κ3) is 8.21. The topological polar surface area (TPSA) is 231 Å². The predicted octanol–water partition coefficient (Wildman–Crippen LogP) is -1.09. The second kappa shape index (κ2) is 15.0. The lowest BCUT2D eigenvalue weighted by Crippen LogP contribution is -2.56. The summed E-state index contributed by atoms with van der Waals surface area (Å²) in [5.41, 5.74) is 1.97. The van der Waals surface area contributed by atoms with Crippen LogP contribution >= 0.6 is 0 Å². The van der Waals surface area contributed by atoms with E-state index in [0.29, 0.717) is 24.2 Å². The van der Waals surface area contributed by atoms with Crippen LogP contribution in [0, 0.1) is 0 Å². The molecule has 16 heteroatoms. The summed E-state index contributed by atoms with van der Waals surface area (Å²) < 4.78 is 17.7. The van der Waals surface area contributed by atoms with E-state index in [4.69, 9.17) is 14.2 Å². The first-order valence-corrected chi connectivity index (χ1v) is 15.4. The molecule has 1 fully saturated rings. The summed E-state index contributed by atoms with van der Waals surface area (Å²) in [6.07, 6.45) is 0.184. The van der Waals surface area contributed by atoms with Gasteiger partial charge in [-0.3, -0.25) is 9.59 Å². The number of aromatic nitrogens is 7. The number of rotatable bonds is 11. The van der Waals surface area contributed by atoms with Crippen LogP contribution < -0.4 is 21.0 Å². The molecule has 1 aliphatic rings. The maximum atomic E-state index is 13.0. The first-order chi connectivity index (χ1) is 22.9. The van der Waals surface area contributed by atoms with Crippen LogP contribution in [0.4, 0.5) is 0 Å². The normalized spacial score (nSPS) is 22.2. The molecular formula is C32H39N7O9. The number of hydrogen-bond acceptors (Lipinski definition) is 13. The van der Waals surface area contributed by atoms with Crippen molar-refractivity contribution in [1.82, 2.24) is 34.9 Å². The van der Waals surface area contributed by atoms with Crippen molar-refractivity contribution in [1.29, 1.82) is 0 Å². The molecule has 0 spiro atoms. The van der Waals surface area contributed by atoms with Crippen molar-refractivity contribution in [3.05, 3.63) is 86.6 Å². The minimum absolute atomic E-state index is 0.0174. The Labute approximate surface area is 274 Å². The summed E-state index contributed by atoms with van der Waals surface area (Å²) in [6, 6.07) is 9.21. The number of aromatic amines is 2. The number of benzene rings is 1. The number of imidazole rings is 1. The molecule has 0 aliphatic carbocycles. The molecule has 6 N–H and O–H groups in total. The fraction of sp³-hybridized carbons (Fsp3) is 0.438. The van der Waals surface area contributed by atoms with E-state index >= 15 is 0 Å². The Kier molecular flexibility index (Phi) is 10.8. The molecule has 1 unspecified atom stereocenters. The monoisotopic (exact) mass is 665 g/mol. The van der Waals surface area contributed by atoms with E-state index in [1.807, 2.05) is 51.1 Å². The Morgan fingerprint density at radius 2 is 1.88 bits per heavy atom. The third-order valence-corrected chi connectivity index (χ3v) is 7.65. The van der Waals surface area contributed by atoms with Crippen molar-refractivity contribution in [2.24, 2.45) is 0 Å². The molecule has 0 saturated carbocycles. The van der Waals surface area contributed by atoms with Crippen LogP contribution in [-0.4, -0.2) is 99.1 Å². The average molecular weight is 666 g/mol. The number of nitrogens with one attached hydrogen (secondary N) is 2. The molecule has 4 aromatic rings. The Balaban J connectivity index is 1.23. The molecule has 256 valence electrons. The van der Waals surface area contributed by atoms with Crippen LogP contribution in [0.1, 0.15) is 62.5 Å². The predicted molar refractivity (Wildman–Crippen MR) is 169 cm³/mol. The fourth-order valence-corrected chi connectivity index (χ4v) is 5.11. The minimum Gasteiger partial charge on any atom is -0.438 e. The standard InChI is InChI=1S/C32H39N7O9/c1-32(2,3)28-20(33-16-34-28)13-22-30(36-21(29(45)35-22)12-18-8-5-4-6-9-18)47-17-46-24(41)11-7-10-19-14-39(38-37-19)31-27(44)26(43)25(42)23(15-40)48-31/h4-6,8-9,12-14,16,23,25-27,31,40,42-44H,7,10-11,15,17H2,1-3H3,(H,33,34)(H,35,45)/b21-12-,22-13-/t23-,25-,26-,27-,31?/m0/s1. The summed E-state index contributed by atoms with van der Waals surface area (Å²) in [5.74, 6) is -0.512. The van der Waals surface area contributed by atoms with E-state index in [0.717, 1.165) is 11.3 Å². The van der Waals surface area contributed by atoms with Gasteiger partial charge in [-0.25, -0.2) is 14.6 Å². The van der Waals surface area contributed by atoms with Crippen LogP contribution in [-0.2, 0) is 26.1 Å². The fourth-order valence-electron chi connectivity index (χ4n) is 5.11. The number of carbonyl (C=O) groups is 1. The maximum Gasteiger partial charge on any atom is 0.308 e. The lowest BCUT2D eigenvalue weighted by atomic mass is 9.90. The number of nitrogens with zero attached hydrogens (tertiary/aromatic N) is 5. The number of aliphatic hydroxyl groups excluding tert-OH is 4. The van der Waals surface area contributed by atoms with Crippen molar-refractivity contribution < 1.29 is 39.4 Å². The number of aryl methyl sites for hydroxylation is 1. The van der Waals surface area contributed by atoms with Gasteiger partial charge in [0.05, 0.1) is 30.5 Å². The maximum absolute atomic E-state index is 13.0. The van der Waals surface area contributed by atoms with Gasteiger partial charge < -0.3 is 44.6 Å². The van der Waals surface area contributed by atoms with Crippen molar-refractivity contribution in [2.75, 3.05) is 13.4 Å². The Morgan fingerprint density at radius 1 is 1.10 bits per heavy atom. The van der Waals surface area contributed by atoms with E-state index in [1.54, 1.807) is 18.5 Å². The first kappa shape index (κ1) is 34.6. The summed E-state index contributed by atoms with van der Waals surface area (Å²) in [6.45, 7) is 5.04. The highest BCUT2D eigenvalue weighted by Crippen LogP contribution is 2.28. The van der Waals surface area contributed by atoms with Gasteiger partial charge in [-0.1, -0.05) is 56.3 Å². The second-order valence-corrected chi connectivity index (χ2v) is 12.3. The van der Waals surface area contributed by atoms with Gasteiger partial charge in [0.1, 0.15) is 35.1 Å². The molecule has 0 radical (unpaired) electrons. The minimum atomic E-state index is -1.55. The number of esters is 1. The van der Waals surface area contributed by atoms with Gasteiger partial charge in [0.2, 0.25) is 12.7 Å². The average Bonchev–Trinajstić information content (AvgIpc) is 3.73. The number of aliphatic hydroxyl groups is 4. The molecule has 1 aliphatic heterocycles. The summed E-state index contributed by atoms with van der Waals surface area (Å²) in [5, 5.41) is 48.0. The Bertz CT molecular complexity index is 1860. The largest absolute Gasteiger partial charge is 0.438 e. The highest BCUT2D eigenvalue weighted by Gasteiger charge is 2.44. The lowest BCUT2D eigenvalue weighted by molar-refractivity contribution is -0.254. The quantitative estimate of drug-likeness (QED) is 0.0828. The van der Waals surface area contributed by atoms with Crippen LogP contribution in [0.2, 0.25) is 0 Å². The third-order valence-electron chi connectivity index (χ3n) is 7.65.